The number of benzene rings is 10. The zero-order valence-electron chi connectivity index (χ0n) is 37.0. The van der Waals surface area contributed by atoms with E-state index in [0.717, 1.165) is 131 Å². The van der Waals surface area contributed by atoms with E-state index in [0.29, 0.717) is 17.6 Å². The van der Waals surface area contributed by atoms with Gasteiger partial charge in [-0.25, -0.2) is 4.98 Å². The molecule has 7 heteroatoms. The molecule has 10 aromatic carbocycles. The van der Waals surface area contributed by atoms with Crippen LogP contribution in [-0.2, 0) is 0 Å². The molecule has 0 spiro atoms. The van der Waals surface area contributed by atoms with Crippen molar-refractivity contribution in [2.24, 2.45) is 0 Å². The van der Waals surface area contributed by atoms with Crippen LogP contribution in [0.5, 0.6) is 0 Å². The van der Waals surface area contributed by atoms with Crippen molar-refractivity contribution in [3.05, 3.63) is 194 Å². The van der Waals surface area contributed by atoms with Gasteiger partial charge in [0.15, 0.2) is 11.6 Å². The van der Waals surface area contributed by atoms with Crippen LogP contribution in [0, 0.1) is 0 Å². The molecule has 5 aromatic heterocycles. The van der Waals surface area contributed by atoms with Gasteiger partial charge in [0.2, 0.25) is 5.95 Å². The molecule has 0 fully saturated rings. The molecule has 0 saturated heterocycles. The molecule has 0 bridgehead atoms. The summed E-state index contributed by atoms with van der Waals surface area (Å²) < 4.78 is 22.0. The molecule has 320 valence electrons. The summed E-state index contributed by atoms with van der Waals surface area (Å²) in [5.74, 6) is 1.51. The molecule has 68 heavy (non-hydrogen) atoms. The van der Waals surface area contributed by atoms with Crippen molar-refractivity contribution in [3.8, 4) is 39.9 Å². The van der Waals surface area contributed by atoms with Gasteiger partial charge in [-0.3, -0.25) is 4.57 Å². The van der Waals surface area contributed by atoms with Gasteiger partial charge < -0.3 is 13.3 Å². The van der Waals surface area contributed by atoms with E-state index in [1.54, 1.807) is 0 Å². The van der Waals surface area contributed by atoms with Crippen LogP contribution in [-0.4, -0.2) is 19.5 Å². The second-order valence-corrected chi connectivity index (χ2v) is 17.1. The molecule has 0 aliphatic carbocycles. The van der Waals surface area contributed by atoms with E-state index in [1.165, 1.54) is 0 Å². The highest BCUT2D eigenvalue weighted by atomic mass is 16.3. The van der Waals surface area contributed by atoms with E-state index in [9.17, 15) is 0 Å². The molecule has 0 aliphatic heterocycles. The molecule has 0 aliphatic rings. The summed E-state index contributed by atoms with van der Waals surface area (Å²) in [6.07, 6.45) is 0. The second kappa shape index (κ2) is 14.7. The average Bonchev–Trinajstić information content (AvgIpc) is 4.17. The summed E-state index contributed by atoms with van der Waals surface area (Å²) in [4.78, 5) is 16.2. The minimum atomic E-state index is 0.481. The molecule has 0 radical (unpaired) electrons. The summed E-state index contributed by atoms with van der Waals surface area (Å²) in [5.41, 5.74) is 10.5. The zero-order valence-corrected chi connectivity index (χ0v) is 37.0. The van der Waals surface area contributed by atoms with Gasteiger partial charge in [-0.1, -0.05) is 159 Å². The number of furan rings is 3. The number of fused-ring (bicyclic) bond motifs is 15. The number of aromatic nitrogens is 4. The summed E-state index contributed by atoms with van der Waals surface area (Å²) in [7, 11) is 0. The number of nitrogens with zero attached hydrogens (tertiary/aromatic N) is 4. The minimum absolute atomic E-state index is 0.481. The van der Waals surface area contributed by atoms with Crippen molar-refractivity contribution in [3.63, 3.8) is 0 Å². The fourth-order valence-corrected chi connectivity index (χ4v) is 10.5. The van der Waals surface area contributed by atoms with Gasteiger partial charge in [-0.2, -0.15) is 9.97 Å². The van der Waals surface area contributed by atoms with Crippen molar-refractivity contribution in [2.75, 3.05) is 0 Å². The quantitative estimate of drug-likeness (QED) is 0.175. The van der Waals surface area contributed by atoms with E-state index >= 15 is 0 Å². The highest BCUT2D eigenvalue weighted by molar-refractivity contribution is 6.25. The number of para-hydroxylation sites is 4. The fraction of sp³-hybridized carbons (Fsp3) is 0.0328. The molecule has 5 heterocycles. The van der Waals surface area contributed by atoms with Crippen LogP contribution in [0.3, 0.4) is 0 Å². The lowest BCUT2D eigenvalue weighted by molar-refractivity contribution is 0.668. The van der Waals surface area contributed by atoms with Crippen molar-refractivity contribution < 1.29 is 13.3 Å². The van der Waals surface area contributed by atoms with Crippen molar-refractivity contribution in [2.45, 2.75) is 13.8 Å². The first-order valence-electron chi connectivity index (χ1n) is 23.1. The predicted molar refractivity (Wildman–Crippen MR) is 279 cm³/mol. The van der Waals surface area contributed by atoms with Crippen LogP contribution in [0.4, 0.5) is 0 Å². The van der Waals surface area contributed by atoms with Gasteiger partial charge in [-0.15, -0.1) is 0 Å². The Hall–Kier alpha value is -9.07. The maximum Gasteiger partial charge on any atom is 0.238 e. The van der Waals surface area contributed by atoms with E-state index in [-0.39, 0.29) is 0 Å². The first kappa shape index (κ1) is 38.2. The van der Waals surface area contributed by atoms with Crippen LogP contribution < -0.4 is 0 Å². The topological polar surface area (TPSA) is 83.0 Å². The van der Waals surface area contributed by atoms with Gasteiger partial charge in [0.05, 0.1) is 11.0 Å². The standard InChI is InChI=1S/C59H32N4O3.C2H6/c1-4-15-38-33(12-1)24-29-45-44-19-11-20-46(53-37-14-3-2-13-34(37)30-47-41-18-7-10-23-50(41)66-56(47)53)55(44)63(54(38)45)59-61-57(35-25-27-42-39-16-5-8-21-48(39)64-51(42)31-35)60-58(62-59)36-26-28-43-40-17-6-9-22-49(40)65-52(43)32-36;1-2/h1-32H;1-2H3. The van der Waals surface area contributed by atoms with Gasteiger partial charge in [0, 0.05) is 70.7 Å². The second-order valence-electron chi connectivity index (χ2n) is 17.1. The van der Waals surface area contributed by atoms with Crippen LogP contribution in [0.1, 0.15) is 13.8 Å². The Morgan fingerprint density at radius 3 is 1.47 bits per heavy atom. The summed E-state index contributed by atoms with van der Waals surface area (Å²) in [6, 6.07) is 67.4. The molecule has 0 amide bonds. The molecule has 15 rings (SSSR count). The summed E-state index contributed by atoms with van der Waals surface area (Å²) >= 11 is 0. The number of hydrogen-bond donors (Lipinski definition) is 0. The van der Waals surface area contributed by atoms with E-state index in [1.807, 2.05) is 74.5 Å². The van der Waals surface area contributed by atoms with E-state index < -0.39 is 0 Å². The normalized spacial score (nSPS) is 12.0. The average molecular weight is 875 g/mol. The monoisotopic (exact) mass is 874 g/mol. The van der Waals surface area contributed by atoms with Crippen LogP contribution in [0.25, 0.3) is 149 Å². The molecule has 15 aromatic rings. The lowest BCUT2D eigenvalue weighted by Gasteiger charge is -2.15. The van der Waals surface area contributed by atoms with Gasteiger partial charge in [0.25, 0.3) is 0 Å². The summed E-state index contributed by atoms with van der Waals surface area (Å²) in [5, 5.41) is 12.9. The third kappa shape index (κ3) is 5.56. The zero-order chi connectivity index (χ0) is 45.0. The molecule has 0 saturated carbocycles. The Labute approximate surface area is 388 Å². The lowest BCUT2D eigenvalue weighted by Crippen LogP contribution is -2.07. The fourth-order valence-electron chi connectivity index (χ4n) is 10.5. The van der Waals surface area contributed by atoms with E-state index in [2.05, 4.69) is 138 Å². The first-order valence-corrected chi connectivity index (χ1v) is 23.1. The molecule has 7 nitrogen and oxygen atoms in total. The SMILES string of the molecule is CC.c1ccc2c(-c3cccc4c5ccc6ccccc6c5n(-c5nc(-c6ccc7c(c6)oc6ccccc67)nc(-c6ccc7c(c6)oc6ccccc67)n5)c34)c3oc4ccccc4c3cc2c1. The highest BCUT2D eigenvalue weighted by Crippen LogP contribution is 2.47. The smallest absolute Gasteiger partial charge is 0.238 e. The maximum atomic E-state index is 6.88. The van der Waals surface area contributed by atoms with Gasteiger partial charge >= 0.3 is 0 Å². The highest BCUT2D eigenvalue weighted by Gasteiger charge is 2.26. The molecule has 0 N–H and O–H groups in total. The Bertz CT molecular complexity index is 4420. The Balaban J connectivity index is 0.00000216. The lowest BCUT2D eigenvalue weighted by atomic mass is 9.93. The van der Waals surface area contributed by atoms with Gasteiger partial charge in [0.1, 0.15) is 33.5 Å². The van der Waals surface area contributed by atoms with Gasteiger partial charge in [-0.05, 0) is 64.7 Å². The van der Waals surface area contributed by atoms with Crippen molar-refractivity contribution in [1.29, 1.82) is 0 Å². The Morgan fingerprint density at radius 2 is 0.824 bits per heavy atom. The van der Waals surface area contributed by atoms with Crippen molar-refractivity contribution in [1.82, 2.24) is 19.5 Å². The predicted octanol–water partition coefficient (Wildman–Crippen LogP) is 17.0. The molecular formula is C61H38N4O3. The Kier molecular flexibility index (Phi) is 8.28. The number of rotatable bonds is 4. The van der Waals surface area contributed by atoms with E-state index in [4.69, 9.17) is 28.2 Å². The molecular weight excluding hydrogens is 837 g/mol. The third-order valence-corrected chi connectivity index (χ3v) is 13.4. The maximum absolute atomic E-state index is 6.88. The molecule has 0 unspecified atom stereocenters. The van der Waals surface area contributed by atoms with Crippen LogP contribution in [0.2, 0.25) is 0 Å². The largest absolute Gasteiger partial charge is 0.456 e. The Morgan fingerprint density at radius 1 is 0.338 bits per heavy atom. The van der Waals surface area contributed by atoms with Crippen LogP contribution >= 0.6 is 0 Å². The first-order chi connectivity index (χ1) is 33.7. The summed E-state index contributed by atoms with van der Waals surface area (Å²) in [6.45, 7) is 4.00. The van der Waals surface area contributed by atoms with Crippen LogP contribution in [0.15, 0.2) is 207 Å². The van der Waals surface area contributed by atoms with Crippen molar-refractivity contribution >= 4 is 109 Å². The molecule has 0 atom stereocenters. The minimum Gasteiger partial charge on any atom is -0.456 e. The third-order valence-electron chi connectivity index (χ3n) is 13.4. The number of hydrogen-bond acceptors (Lipinski definition) is 6.